The monoisotopic (exact) mass is 406 g/mol. The summed E-state index contributed by atoms with van der Waals surface area (Å²) < 4.78 is 12.4. The van der Waals surface area contributed by atoms with Gasteiger partial charge in [-0.1, -0.05) is 11.3 Å². The Kier molecular flexibility index (Phi) is 6.36. The summed E-state index contributed by atoms with van der Waals surface area (Å²) in [6.45, 7) is 5.30. The molecule has 4 rings (SSSR count). The van der Waals surface area contributed by atoms with E-state index in [1.165, 1.54) is 0 Å². The number of anilines is 1. The molecule has 1 aromatic carbocycles. The number of nitrogens with zero attached hydrogens (tertiary/aromatic N) is 3. The minimum absolute atomic E-state index is 0. The molecule has 2 aromatic heterocycles. The maximum atomic E-state index is 5.98. The fourth-order valence-electron chi connectivity index (χ4n) is 3.04. The molecule has 1 aliphatic heterocycles. The Labute approximate surface area is 168 Å². The molecule has 1 N–H and O–H groups in total. The van der Waals surface area contributed by atoms with Crippen LogP contribution in [-0.2, 0) is 0 Å². The molecular weight excluding hydrogens is 384 g/mol. The second kappa shape index (κ2) is 8.73. The van der Waals surface area contributed by atoms with Crippen molar-refractivity contribution in [2.75, 3.05) is 38.3 Å². The van der Waals surface area contributed by atoms with Gasteiger partial charge in [0, 0.05) is 25.3 Å². The molecule has 1 aliphatic rings. The van der Waals surface area contributed by atoms with Crippen LogP contribution in [0.3, 0.4) is 0 Å². The van der Waals surface area contributed by atoms with Gasteiger partial charge in [0.1, 0.15) is 18.1 Å². The van der Waals surface area contributed by atoms with Gasteiger partial charge in [0.05, 0.1) is 29.6 Å². The van der Waals surface area contributed by atoms with Gasteiger partial charge >= 0.3 is 0 Å². The third kappa shape index (κ3) is 4.43. The molecule has 6 nitrogen and oxygen atoms in total. The summed E-state index contributed by atoms with van der Waals surface area (Å²) in [5, 5.41) is 4.48. The van der Waals surface area contributed by atoms with Gasteiger partial charge < -0.3 is 19.7 Å². The molecule has 0 aliphatic carbocycles. The molecular formula is C19H23ClN4O2S. The minimum Gasteiger partial charge on any atom is -0.497 e. The number of aryl methyl sites for hydroxylation is 1. The quantitative estimate of drug-likeness (QED) is 0.701. The number of benzene rings is 1. The second-order valence-electron chi connectivity index (χ2n) is 6.33. The van der Waals surface area contributed by atoms with Crippen molar-refractivity contribution in [1.82, 2.24) is 15.3 Å². The van der Waals surface area contributed by atoms with Crippen molar-refractivity contribution in [3.63, 3.8) is 0 Å². The maximum Gasteiger partial charge on any atom is 0.186 e. The first-order valence-corrected chi connectivity index (χ1v) is 9.52. The molecule has 0 bridgehead atoms. The molecule has 0 amide bonds. The third-order valence-electron chi connectivity index (χ3n) is 4.51. The lowest BCUT2D eigenvalue weighted by Gasteiger charge is -2.35. The molecule has 0 saturated carbocycles. The topological polar surface area (TPSA) is 59.5 Å². The predicted octanol–water partition coefficient (Wildman–Crippen LogP) is 3.29. The maximum absolute atomic E-state index is 5.98. The van der Waals surface area contributed by atoms with Crippen LogP contribution in [0.15, 0.2) is 36.5 Å². The highest BCUT2D eigenvalue weighted by Crippen LogP contribution is 2.32. The molecule has 0 spiro atoms. The Bertz CT molecular complexity index is 887. The number of piperazine rings is 1. The highest BCUT2D eigenvalue weighted by molar-refractivity contribution is 7.22. The number of hydrogen-bond acceptors (Lipinski definition) is 7. The van der Waals surface area contributed by atoms with Crippen molar-refractivity contribution in [3.05, 3.63) is 42.2 Å². The number of rotatable bonds is 5. The van der Waals surface area contributed by atoms with Crippen LogP contribution in [0.2, 0.25) is 0 Å². The minimum atomic E-state index is 0. The van der Waals surface area contributed by atoms with E-state index in [0.717, 1.165) is 52.2 Å². The average molecular weight is 407 g/mol. The van der Waals surface area contributed by atoms with Crippen LogP contribution in [0, 0.1) is 6.92 Å². The smallest absolute Gasteiger partial charge is 0.186 e. The first kappa shape index (κ1) is 19.7. The number of hydrogen-bond donors (Lipinski definition) is 1. The molecule has 0 radical (unpaired) electrons. The van der Waals surface area contributed by atoms with Gasteiger partial charge in [-0.15, -0.1) is 12.4 Å². The van der Waals surface area contributed by atoms with Gasteiger partial charge in [0.25, 0.3) is 0 Å². The van der Waals surface area contributed by atoms with Gasteiger partial charge in [-0.2, -0.15) is 0 Å². The standard InChI is InChI=1S/C19H22N4O2S.ClH/c1-13-3-4-16(11-21-13)25-12-14-10-20-7-8-23(14)19-22-17-6-5-15(24-2)9-18(17)26-19;/h3-6,9,11,14,20H,7-8,10,12H2,1-2H3;1H. The Morgan fingerprint density at radius 3 is 2.89 bits per heavy atom. The van der Waals surface area contributed by atoms with Crippen LogP contribution >= 0.6 is 23.7 Å². The van der Waals surface area contributed by atoms with E-state index in [2.05, 4.69) is 15.2 Å². The van der Waals surface area contributed by atoms with E-state index >= 15 is 0 Å². The highest BCUT2D eigenvalue weighted by atomic mass is 35.5. The van der Waals surface area contributed by atoms with Gasteiger partial charge in [-0.25, -0.2) is 4.98 Å². The first-order chi connectivity index (χ1) is 12.7. The summed E-state index contributed by atoms with van der Waals surface area (Å²) in [6, 6.07) is 10.2. The number of aromatic nitrogens is 2. The van der Waals surface area contributed by atoms with E-state index < -0.39 is 0 Å². The van der Waals surface area contributed by atoms with E-state index in [0.29, 0.717) is 6.61 Å². The zero-order valence-corrected chi connectivity index (χ0v) is 17.0. The number of fused-ring (bicyclic) bond motifs is 1. The van der Waals surface area contributed by atoms with Gasteiger partial charge in [-0.3, -0.25) is 4.98 Å². The van der Waals surface area contributed by atoms with E-state index in [-0.39, 0.29) is 18.4 Å². The number of ether oxygens (including phenoxy) is 2. The molecule has 27 heavy (non-hydrogen) atoms. The second-order valence-corrected chi connectivity index (χ2v) is 7.34. The van der Waals surface area contributed by atoms with Crippen LogP contribution < -0.4 is 19.7 Å². The van der Waals surface area contributed by atoms with Gasteiger partial charge in [0.2, 0.25) is 0 Å². The Hall–Kier alpha value is -2.09. The van der Waals surface area contributed by atoms with E-state index in [4.69, 9.17) is 14.5 Å². The zero-order valence-electron chi connectivity index (χ0n) is 15.3. The Morgan fingerprint density at radius 1 is 1.26 bits per heavy atom. The number of nitrogens with one attached hydrogen (secondary N) is 1. The van der Waals surface area contributed by atoms with E-state index in [1.807, 2.05) is 37.3 Å². The van der Waals surface area contributed by atoms with Crippen molar-refractivity contribution in [2.24, 2.45) is 0 Å². The van der Waals surface area contributed by atoms with Crippen LogP contribution in [0.4, 0.5) is 5.13 Å². The average Bonchev–Trinajstić information content (AvgIpc) is 3.10. The zero-order chi connectivity index (χ0) is 17.9. The molecule has 144 valence electrons. The molecule has 1 atom stereocenters. The summed E-state index contributed by atoms with van der Waals surface area (Å²) in [7, 11) is 1.69. The molecule has 1 saturated heterocycles. The van der Waals surface area contributed by atoms with Crippen molar-refractivity contribution in [1.29, 1.82) is 0 Å². The van der Waals surface area contributed by atoms with Crippen LogP contribution in [0.25, 0.3) is 10.2 Å². The van der Waals surface area contributed by atoms with Crippen LogP contribution in [-0.4, -0.2) is 49.4 Å². The summed E-state index contributed by atoms with van der Waals surface area (Å²) >= 11 is 1.70. The summed E-state index contributed by atoms with van der Waals surface area (Å²) in [4.78, 5) is 11.5. The largest absolute Gasteiger partial charge is 0.497 e. The molecule has 1 unspecified atom stereocenters. The van der Waals surface area contributed by atoms with Gasteiger partial charge in [-0.05, 0) is 37.3 Å². The third-order valence-corrected chi connectivity index (χ3v) is 5.56. The summed E-state index contributed by atoms with van der Waals surface area (Å²) in [5.74, 6) is 1.66. The summed E-state index contributed by atoms with van der Waals surface area (Å²) in [6.07, 6.45) is 1.78. The fourth-order valence-corrected chi connectivity index (χ4v) is 4.13. The number of halogens is 1. The molecule has 3 aromatic rings. The van der Waals surface area contributed by atoms with Gasteiger partial charge in [0.15, 0.2) is 5.13 Å². The lowest BCUT2D eigenvalue weighted by atomic mass is 10.2. The SMILES string of the molecule is COc1ccc2nc(N3CCNCC3COc3ccc(C)nc3)sc2c1.Cl. The van der Waals surface area contributed by atoms with E-state index in [1.54, 1.807) is 24.6 Å². The van der Waals surface area contributed by atoms with Crippen molar-refractivity contribution >= 4 is 39.1 Å². The van der Waals surface area contributed by atoms with E-state index in [9.17, 15) is 0 Å². The fraction of sp³-hybridized carbons (Fsp3) is 0.368. The molecule has 3 heterocycles. The number of pyridine rings is 1. The number of methoxy groups -OCH3 is 1. The predicted molar refractivity (Wildman–Crippen MR) is 112 cm³/mol. The molecule has 1 fully saturated rings. The lowest BCUT2D eigenvalue weighted by Crippen LogP contribution is -2.54. The molecule has 8 heteroatoms. The van der Waals surface area contributed by atoms with Crippen LogP contribution in [0.5, 0.6) is 11.5 Å². The van der Waals surface area contributed by atoms with Crippen molar-refractivity contribution < 1.29 is 9.47 Å². The Balaban J connectivity index is 0.00000210. The van der Waals surface area contributed by atoms with Crippen molar-refractivity contribution in [2.45, 2.75) is 13.0 Å². The Morgan fingerprint density at radius 2 is 2.11 bits per heavy atom. The first-order valence-electron chi connectivity index (χ1n) is 8.70. The normalized spacial score (nSPS) is 16.8. The number of thiazole rings is 1. The lowest BCUT2D eigenvalue weighted by molar-refractivity contribution is 0.266. The highest BCUT2D eigenvalue weighted by Gasteiger charge is 2.25. The summed E-state index contributed by atoms with van der Waals surface area (Å²) in [5.41, 5.74) is 2.00. The van der Waals surface area contributed by atoms with Crippen molar-refractivity contribution in [3.8, 4) is 11.5 Å². The van der Waals surface area contributed by atoms with Crippen LogP contribution in [0.1, 0.15) is 5.69 Å².